The number of fused-ring (bicyclic) bond motifs is 8. The highest BCUT2D eigenvalue weighted by molar-refractivity contribution is 5.90. The van der Waals surface area contributed by atoms with Gasteiger partial charge in [0.15, 0.2) is 0 Å². The molecule has 6 rings (SSSR count). The minimum absolute atomic E-state index is 0.704. The van der Waals surface area contributed by atoms with Crippen molar-refractivity contribution in [3.8, 4) is 11.3 Å². The maximum Gasteiger partial charge on any atom is 0.0752 e. The van der Waals surface area contributed by atoms with Crippen molar-refractivity contribution in [3.63, 3.8) is 0 Å². The molecule has 2 aliphatic heterocycles. The zero-order valence-corrected chi connectivity index (χ0v) is 17.9. The molecule has 5 heteroatoms. The molecular weight excluding hydrogens is 406 g/mol. The van der Waals surface area contributed by atoms with Crippen molar-refractivity contribution in [2.24, 2.45) is 0 Å². The van der Waals surface area contributed by atoms with E-state index in [-0.39, 0.29) is 0 Å². The summed E-state index contributed by atoms with van der Waals surface area (Å²) in [6.07, 6.45) is 12.6. The van der Waals surface area contributed by atoms with Crippen molar-refractivity contribution in [2.45, 2.75) is 6.42 Å². The molecule has 4 aromatic rings. The first-order valence-electron chi connectivity index (χ1n) is 10.9. The van der Waals surface area contributed by atoms with Gasteiger partial charge in [-0.15, -0.1) is 6.58 Å². The van der Waals surface area contributed by atoms with E-state index < -0.39 is 0 Å². The van der Waals surface area contributed by atoms with Crippen LogP contribution in [0.15, 0.2) is 73.4 Å². The Morgan fingerprint density at radius 2 is 1.48 bits per heavy atom. The van der Waals surface area contributed by atoms with E-state index in [0.717, 1.165) is 61.7 Å². The number of pyridine rings is 1. The van der Waals surface area contributed by atoms with Crippen LogP contribution in [0.5, 0.6) is 0 Å². The van der Waals surface area contributed by atoms with Gasteiger partial charge in [0.25, 0.3) is 0 Å². The van der Waals surface area contributed by atoms with Gasteiger partial charge in [-0.25, -0.2) is 9.97 Å². The maximum atomic E-state index is 5.04. The third-order valence-corrected chi connectivity index (χ3v) is 5.78. The van der Waals surface area contributed by atoms with Gasteiger partial charge in [0.2, 0.25) is 0 Å². The van der Waals surface area contributed by atoms with E-state index in [2.05, 4.69) is 64.0 Å². The summed E-state index contributed by atoms with van der Waals surface area (Å²) < 4.78 is 0. The zero-order valence-electron chi connectivity index (χ0n) is 17.9. The molecule has 0 spiro atoms. The van der Waals surface area contributed by atoms with E-state index in [0.29, 0.717) is 6.42 Å². The van der Waals surface area contributed by atoms with E-state index in [1.807, 2.05) is 48.7 Å². The molecule has 6 heterocycles. The molecule has 33 heavy (non-hydrogen) atoms. The largest absolute Gasteiger partial charge is 0.355 e. The van der Waals surface area contributed by atoms with Crippen molar-refractivity contribution in [3.05, 3.63) is 102 Å². The lowest BCUT2D eigenvalue weighted by atomic mass is 10.1. The quantitative estimate of drug-likeness (QED) is 0.319. The molecule has 2 N–H and O–H groups in total. The first kappa shape index (κ1) is 19.2. The molecule has 0 saturated heterocycles. The summed E-state index contributed by atoms with van der Waals surface area (Å²) in [5.41, 5.74) is 10.5. The van der Waals surface area contributed by atoms with Gasteiger partial charge in [0, 0.05) is 33.9 Å². The molecule has 0 saturated carbocycles. The van der Waals surface area contributed by atoms with Gasteiger partial charge >= 0.3 is 0 Å². The fourth-order valence-corrected chi connectivity index (χ4v) is 4.27. The number of nitrogens with one attached hydrogen (secondary N) is 2. The van der Waals surface area contributed by atoms with E-state index in [4.69, 9.17) is 9.97 Å². The summed E-state index contributed by atoms with van der Waals surface area (Å²) in [4.78, 5) is 21.5. The standard InChI is InChI=1S/C28H21N5/c1-2-5-22-23-11-9-20(31-23)16-18-7-8-19(30-18)17-21-10-12-26(32-21)28(25-6-3-4-15-29-25)27-14-13-24(22)33-27/h2-4,6-17,31-32H,1,5H2. The summed E-state index contributed by atoms with van der Waals surface area (Å²) in [5.74, 6) is 0. The number of hydrogen-bond acceptors (Lipinski definition) is 3. The molecule has 0 unspecified atom stereocenters. The predicted molar refractivity (Wildman–Crippen MR) is 136 cm³/mol. The van der Waals surface area contributed by atoms with Crippen LogP contribution in [0.25, 0.3) is 57.6 Å². The van der Waals surface area contributed by atoms with Crippen LogP contribution >= 0.6 is 0 Å². The highest BCUT2D eigenvalue weighted by Gasteiger charge is 2.14. The van der Waals surface area contributed by atoms with Gasteiger partial charge in [-0.3, -0.25) is 4.98 Å². The molecule has 0 amide bonds. The van der Waals surface area contributed by atoms with Crippen molar-refractivity contribution in [1.29, 1.82) is 0 Å². The monoisotopic (exact) mass is 427 g/mol. The number of rotatable bonds is 3. The van der Waals surface area contributed by atoms with Crippen LogP contribution in [-0.4, -0.2) is 24.9 Å². The first-order chi connectivity index (χ1) is 16.3. The smallest absolute Gasteiger partial charge is 0.0752 e. The summed E-state index contributed by atoms with van der Waals surface area (Å²) in [7, 11) is 0. The molecule has 8 bridgehead atoms. The Hall–Kier alpha value is -4.51. The summed E-state index contributed by atoms with van der Waals surface area (Å²) >= 11 is 0. The minimum Gasteiger partial charge on any atom is -0.355 e. The number of allylic oxidation sites excluding steroid dienone is 1. The molecule has 2 aliphatic rings. The Labute approximate surface area is 190 Å². The average molecular weight is 428 g/mol. The lowest BCUT2D eigenvalue weighted by Crippen LogP contribution is -1.90. The second kappa shape index (κ2) is 7.88. The normalized spacial score (nSPS) is 12.2. The highest BCUT2D eigenvalue weighted by atomic mass is 14.8. The number of aromatic nitrogens is 5. The fourth-order valence-electron chi connectivity index (χ4n) is 4.27. The molecule has 0 atom stereocenters. The summed E-state index contributed by atoms with van der Waals surface area (Å²) in [6, 6.07) is 18.3. The zero-order chi connectivity index (χ0) is 22.2. The van der Waals surface area contributed by atoms with E-state index in [1.54, 1.807) is 0 Å². The van der Waals surface area contributed by atoms with Crippen molar-refractivity contribution < 1.29 is 0 Å². The molecule has 5 nitrogen and oxygen atoms in total. The molecule has 0 aliphatic carbocycles. The average Bonchev–Trinajstić information content (AvgIpc) is 3.63. The third-order valence-electron chi connectivity index (χ3n) is 5.78. The molecule has 0 fully saturated rings. The van der Waals surface area contributed by atoms with Crippen LogP contribution in [0, 0.1) is 0 Å². The second-order valence-corrected chi connectivity index (χ2v) is 8.02. The molecule has 0 radical (unpaired) electrons. The summed E-state index contributed by atoms with van der Waals surface area (Å²) in [5, 5.41) is 0. The highest BCUT2D eigenvalue weighted by Crippen LogP contribution is 2.30. The fraction of sp³-hybridized carbons (Fsp3) is 0.0357. The second-order valence-electron chi connectivity index (χ2n) is 8.02. The van der Waals surface area contributed by atoms with Crippen LogP contribution in [0.3, 0.4) is 0 Å². The minimum atomic E-state index is 0.704. The van der Waals surface area contributed by atoms with Crippen LogP contribution in [0.2, 0.25) is 0 Å². The van der Waals surface area contributed by atoms with E-state index in [1.165, 1.54) is 0 Å². The third kappa shape index (κ3) is 3.59. The lowest BCUT2D eigenvalue weighted by molar-refractivity contribution is 1.20. The van der Waals surface area contributed by atoms with Crippen LogP contribution < -0.4 is 0 Å². The van der Waals surface area contributed by atoms with Crippen LogP contribution in [0.4, 0.5) is 0 Å². The van der Waals surface area contributed by atoms with Gasteiger partial charge < -0.3 is 9.97 Å². The van der Waals surface area contributed by atoms with E-state index >= 15 is 0 Å². The van der Waals surface area contributed by atoms with E-state index in [9.17, 15) is 0 Å². The van der Waals surface area contributed by atoms with Crippen LogP contribution in [0.1, 0.15) is 28.3 Å². The molecule has 4 aromatic heterocycles. The van der Waals surface area contributed by atoms with Gasteiger partial charge in [-0.1, -0.05) is 12.1 Å². The Morgan fingerprint density at radius 3 is 2.21 bits per heavy atom. The maximum absolute atomic E-state index is 5.04. The first-order valence-corrected chi connectivity index (χ1v) is 10.9. The van der Waals surface area contributed by atoms with Crippen molar-refractivity contribution >= 4 is 46.4 Å². The van der Waals surface area contributed by atoms with Crippen molar-refractivity contribution in [1.82, 2.24) is 24.9 Å². The van der Waals surface area contributed by atoms with Gasteiger partial charge in [-0.2, -0.15) is 0 Å². The summed E-state index contributed by atoms with van der Waals surface area (Å²) in [6.45, 7) is 3.96. The Morgan fingerprint density at radius 1 is 0.758 bits per heavy atom. The topological polar surface area (TPSA) is 70.2 Å². The lowest BCUT2D eigenvalue weighted by Gasteiger charge is -2.02. The van der Waals surface area contributed by atoms with Crippen LogP contribution in [-0.2, 0) is 6.42 Å². The number of aromatic amines is 2. The SMILES string of the molecule is C=CCc1c2nc(c(-c3ccccn3)c3ccc(cc4nc(cc5ccc1[nH]5)C=C4)[nH]3)C=C2. The van der Waals surface area contributed by atoms with Gasteiger partial charge in [0.1, 0.15) is 0 Å². The Kier molecular flexibility index (Phi) is 4.58. The van der Waals surface area contributed by atoms with Gasteiger partial charge in [-0.05, 0) is 79.3 Å². The number of H-pyrrole nitrogens is 2. The Bertz CT molecular complexity index is 1600. The molecule has 158 valence electrons. The van der Waals surface area contributed by atoms with Gasteiger partial charge in [0.05, 0.1) is 34.0 Å². The number of nitrogens with zero attached hydrogens (tertiary/aromatic N) is 3. The number of hydrogen-bond donors (Lipinski definition) is 2. The predicted octanol–water partition coefficient (Wildman–Crippen LogP) is 6.45. The Balaban J connectivity index is 1.76. The molecule has 0 aromatic carbocycles. The van der Waals surface area contributed by atoms with Crippen molar-refractivity contribution in [2.75, 3.05) is 0 Å². The molecular formula is C28H21N5.